The summed E-state index contributed by atoms with van der Waals surface area (Å²) in [5.74, 6) is 0. The zero-order chi connectivity index (χ0) is 18.6. The Labute approximate surface area is 160 Å². The first-order valence-electron chi connectivity index (χ1n) is 9.30. The van der Waals surface area contributed by atoms with E-state index in [1.54, 1.807) is 10.4 Å². The summed E-state index contributed by atoms with van der Waals surface area (Å²) in [4.78, 5) is 0. The molecule has 0 saturated carbocycles. The molecule has 0 heterocycles. The smallest absolute Gasteiger partial charge is 0.0671 e. The van der Waals surface area contributed by atoms with Crippen molar-refractivity contribution in [3.63, 3.8) is 0 Å². The van der Waals surface area contributed by atoms with Gasteiger partial charge in [0.15, 0.2) is 0 Å². The van der Waals surface area contributed by atoms with Crippen molar-refractivity contribution >= 4 is 37.7 Å². The van der Waals surface area contributed by atoms with Crippen LogP contribution in [0.2, 0.25) is 26.2 Å². The number of hydrogen-bond acceptors (Lipinski definition) is 0. The fourth-order valence-corrected chi connectivity index (χ4v) is 12.1. The zero-order valence-electron chi connectivity index (χ0n) is 16.2. The highest BCUT2D eigenvalue weighted by Gasteiger charge is 2.43. The first-order chi connectivity index (χ1) is 12.4. The lowest BCUT2D eigenvalue weighted by Gasteiger charge is -2.39. The molecule has 0 saturated heterocycles. The normalized spacial score (nSPS) is 12.5. The lowest BCUT2D eigenvalue weighted by Crippen LogP contribution is -2.69. The first-order valence-corrected chi connectivity index (χ1v) is 16.3. The molecule has 0 unspecified atom stereocenters. The molecule has 3 rings (SSSR count). The summed E-state index contributed by atoms with van der Waals surface area (Å²) in [6.45, 7) is 10.2. The summed E-state index contributed by atoms with van der Waals surface area (Å²) in [6, 6.07) is 30.9. The maximum absolute atomic E-state index is 2.54. The topological polar surface area (TPSA) is 0 Å². The van der Waals surface area contributed by atoms with Crippen LogP contribution in [0.3, 0.4) is 0 Å². The number of rotatable bonds is 5. The van der Waals surface area contributed by atoms with Crippen LogP contribution in [-0.2, 0) is 0 Å². The van der Waals surface area contributed by atoms with Crippen LogP contribution in [0, 0.1) is 0 Å². The minimum absolute atomic E-state index is 1.24. The molecule has 2 heteroatoms. The average molecular weight is 373 g/mol. The Kier molecular flexibility index (Phi) is 5.45. The maximum Gasteiger partial charge on any atom is 0.0791 e. The van der Waals surface area contributed by atoms with Crippen molar-refractivity contribution in [2.45, 2.75) is 26.2 Å². The molecule has 0 bridgehead atoms. The van der Waals surface area contributed by atoms with E-state index in [9.17, 15) is 0 Å². The van der Waals surface area contributed by atoms with Crippen LogP contribution >= 0.6 is 0 Å². The lowest BCUT2D eigenvalue weighted by atomic mass is 10.1. The average Bonchev–Trinajstić information content (AvgIpc) is 2.68. The second kappa shape index (κ2) is 7.60. The van der Waals surface area contributed by atoms with E-state index in [1.807, 2.05) is 0 Å². The van der Waals surface area contributed by atoms with Crippen molar-refractivity contribution in [3.8, 4) is 0 Å². The molecule has 0 N–H and O–H groups in total. The van der Waals surface area contributed by atoms with E-state index in [-0.39, 0.29) is 0 Å². The van der Waals surface area contributed by atoms with Gasteiger partial charge >= 0.3 is 0 Å². The summed E-state index contributed by atoms with van der Waals surface area (Å²) in [5, 5.41) is 3.14. The van der Waals surface area contributed by atoms with Gasteiger partial charge in [0.25, 0.3) is 0 Å². The highest BCUT2D eigenvalue weighted by Crippen LogP contribution is 2.20. The van der Waals surface area contributed by atoms with Gasteiger partial charge in [-0.2, -0.15) is 0 Å². The molecule has 3 aromatic rings. The fourth-order valence-electron chi connectivity index (χ4n) is 3.34. The second-order valence-corrected chi connectivity index (χ2v) is 23.1. The van der Waals surface area contributed by atoms with Gasteiger partial charge in [0, 0.05) is 0 Å². The molecule has 0 atom stereocenters. The standard InChI is InChI=1S/C24H28Si2/c1-25(2,23-13-9-6-10-14-23)26(3,4)24-19-17-22(18-20-24)16-15-21-11-7-5-8-12-21/h5-20H,1-4H3. The van der Waals surface area contributed by atoms with Crippen molar-refractivity contribution in [3.05, 3.63) is 96.1 Å². The van der Waals surface area contributed by atoms with Crippen molar-refractivity contribution in [1.29, 1.82) is 0 Å². The SMILES string of the molecule is C[Si](C)(c1ccccc1)[Si](C)(C)c1ccc(C=Cc2ccccc2)cc1. The van der Waals surface area contributed by atoms with Gasteiger partial charge in [0.2, 0.25) is 0 Å². The molecule has 0 aliphatic heterocycles. The van der Waals surface area contributed by atoms with Gasteiger partial charge in [0.05, 0.1) is 15.2 Å². The molecule has 3 aromatic carbocycles. The Hall–Kier alpha value is -2.17. The second-order valence-electron chi connectivity index (χ2n) is 7.98. The van der Waals surface area contributed by atoms with Gasteiger partial charge in [-0.1, -0.05) is 134 Å². The van der Waals surface area contributed by atoms with Crippen LogP contribution in [0.25, 0.3) is 12.2 Å². The number of benzene rings is 3. The molecule has 0 aliphatic carbocycles. The molecule has 132 valence electrons. The third-order valence-electron chi connectivity index (χ3n) is 5.96. The Morgan fingerprint density at radius 3 is 1.35 bits per heavy atom. The van der Waals surface area contributed by atoms with Gasteiger partial charge in [-0.15, -0.1) is 0 Å². The van der Waals surface area contributed by atoms with Gasteiger partial charge in [0.1, 0.15) is 0 Å². The largest absolute Gasteiger partial charge is 0.0791 e. The monoisotopic (exact) mass is 372 g/mol. The Bertz CT molecular complexity index is 861. The third kappa shape index (κ3) is 3.82. The van der Waals surface area contributed by atoms with Crippen LogP contribution in [0.15, 0.2) is 84.9 Å². The predicted octanol–water partition coefficient (Wildman–Crippen LogP) is 5.47. The minimum Gasteiger partial charge on any atom is -0.0671 e. The highest BCUT2D eigenvalue weighted by atomic mass is 29.3. The molecular formula is C24H28Si2. The Morgan fingerprint density at radius 1 is 0.462 bits per heavy atom. The van der Waals surface area contributed by atoms with E-state index in [4.69, 9.17) is 0 Å². The Balaban J connectivity index is 1.84. The van der Waals surface area contributed by atoms with Gasteiger partial charge in [-0.25, -0.2) is 0 Å². The lowest BCUT2D eigenvalue weighted by molar-refractivity contribution is 1.64. The maximum atomic E-state index is 2.54. The van der Waals surface area contributed by atoms with E-state index in [1.165, 1.54) is 11.1 Å². The summed E-state index contributed by atoms with van der Waals surface area (Å²) < 4.78 is 0. The zero-order valence-corrected chi connectivity index (χ0v) is 18.2. The molecule has 0 radical (unpaired) electrons. The molecular weight excluding hydrogens is 344 g/mol. The summed E-state index contributed by atoms with van der Waals surface area (Å²) in [7, 11) is -3.06. The molecule has 26 heavy (non-hydrogen) atoms. The molecule has 0 fully saturated rings. The van der Waals surface area contributed by atoms with E-state index in [0.717, 1.165) is 0 Å². The van der Waals surface area contributed by atoms with Crippen molar-refractivity contribution in [2.24, 2.45) is 0 Å². The van der Waals surface area contributed by atoms with Crippen LogP contribution < -0.4 is 10.4 Å². The predicted molar refractivity (Wildman–Crippen MR) is 122 cm³/mol. The first kappa shape index (κ1) is 18.6. The van der Waals surface area contributed by atoms with Crippen molar-refractivity contribution in [1.82, 2.24) is 0 Å². The highest BCUT2D eigenvalue weighted by molar-refractivity contribution is 7.49. The van der Waals surface area contributed by atoms with E-state index >= 15 is 0 Å². The van der Waals surface area contributed by atoms with Gasteiger partial charge in [-0.05, 0) is 11.1 Å². The van der Waals surface area contributed by atoms with Gasteiger partial charge < -0.3 is 0 Å². The van der Waals surface area contributed by atoms with Crippen LogP contribution in [-0.4, -0.2) is 15.2 Å². The molecule has 0 aliphatic rings. The molecule has 0 amide bonds. The minimum atomic E-state index is -1.54. The number of hydrogen-bond donors (Lipinski definition) is 0. The van der Waals surface area contributed by atoms with Crippen LogP contribution in [0.5, 0.6) is 0 Å². The van der Waals surface area contributed by atoms with Gasteiger partial charge in [-0.3, -0.25) is 0 Å². The molecule has 0 aromatic heterocycles. The van der Waals surface area contributed by atoms with E-state index < -0.39 is 15.2 Å². The van der Waals surface area contributed by atoms with Crippen LogP contribution in [0.4, 0.5) is 0 Å². The summed E-state index contributed by atoms with van der Waals surface area (Å²) in [5.41, 5.74) is 2.51. The van der Waals surface area contributed by atoms with Crippen LogP contribution in [0.1, 0.15) is 11.1 Å². The van der Waals surface area contributed by atoms with E-state index in [0.29, 0.717) is 0 Å². The fraction of sp³-hybridized carbons (Fsp3) is 0.167. The molecule has 0 spiro atoms. The quantitative estimate of drug-likeness (QED) is 0.412. The van der Waals surface area contributed by atoms with Crippen molar-refractivity contribution in [2.75, 3.05) is 0 Å². The molecule has 0 nitrogen and oxygen atoms in total. The summed E-state index contributed by atoms with van der Waals surface area (Å²) >= 11 is 0. The summed E-state index contributed by atoms with van der Waals surface area (Å²) in [6.07, 6.45) is 4.38. The Morgan fingerprint density at radius 2 is 0.846 bits per heavy atom. The van der Waals surface area contributed by atoms with E-state index in [2.05, 4.69) is 123 Å². The van der Waals surface area contributed by atoms with Crippen molar-refractivity contribution < 1.29 is 0 Å². The third-order valence-corrected chi connectivity index (χ3v) is 23.7.